The minimum atomic E-state index is -0.975. The van der Waals surface area contributed by atoms with Crippen LogP contribution < -0.4 is 0 Å². The first-order valence-corrected chi connectivity index (χ1v) is 5.18. The molecule has 1 rings (SSSR count). The van der Waals surface area contributed by atoms with E-state index in [4.69, 9.17) is 9.47 Å². The SMILES string of the molecule is CCOC(=O)C(O)C1CCCOCC1. The number of carbonyl (C=O) groups is 1. The van der Waals surface area contributed by atoms with Crippen molar-refractivity contribution < 1.29 is 19.4 Å². The van der Waals surface area contributed by atoms with Gasteiger partial charge in [-0.2, -0.15) is 0 Å². The number of aliphatic hydroxyl groups excluding tert-OH is 1. The third-order valence-electron chi connectivity index (χ3n) is 2.47. The smallest absolute Gasteiger partial charge is 0.335 e. The number of rotatable bonds is 3. The maximum atomic E-state index is 11.2. The van der Waals surface area contributed by atoms with Gasteiger partial charge >= 0.3 is 5.97 Å². The summed E-state index contributed by atoms with van der Waals surface area (Å²) in [5.74, 6) is -0.504. The summed E-state index contributed by atoms with van der Waals surface area (Å²) in [6, 6.07) is 0. The van der Waals surface area contributed by atoms with Crippen LogP contribution in [0.2, 0.25) is 0 Å². The van der Waals surface area contributed by atoms with Crippen LogP contribution in [-0.4, -0.2) is 37.0 Å². The second-order valence-electron chi connectivity index (χ2n) is 3.50. The van der Waals surface area contributed by atoms with Gasteiger partial charge in [0.05, 0.1) is 6.61 Å². The third kappa shape index (κ3) is 3.27. The second-order valence-corrected chi connectivity index (χ2v) is 3.50. The van der Waals surface area contributed by atoms with Gasteiger partial charge in [-0.25, -0.2) is 4.79 Å². The molecule has 4 heteroatoms. The fraction of sp³-hybridized carbons (Fsp3) is 0.900. The molecular weight excluding hydrogens is 184 g/mol. The van der Waals surface area contributed by atoms with Crippen molar-refractivity contribution in [3.05, 3.63) is 0 Å². The van der Waals surface area contributed by atoms with Crippen LogP contribution in [0.3, 0.4) is 0 Å². The topological polar surface area (TPSA) is 55.8 Å². The van der Waals surface area contributed by atoms with Gasteiger partial charge in [0.1, 0.15) is 0 Å². The summed E-state index contributed by atoms with van der Waals surface area (Å²) in [6.45, 7) is 3.41. The Kier molecular flexibility index (Phi) is 4.90. The molecule has 1 aliphatic heterocycles. The van der Waals surface area contributed by atoms with Crippen molar-refractivity contribution >= 4 is 5.97 Å². The molecule has 0 aromatic carbocycles. The van der Waals surface area contributed by atoms with Gasteiger partial charge in [-0.15, -0.1) is 0 Å². The number of carbonyl (C=O) groups excluding carboxylic acids is 1. The van der Waals surface area contributed by atoms with Crippen molar-refractivity contribution in [1.29, 1.82) is 0 Å². The third-order valence-corrected chi connectivity index (χ3v) is 2.47. The van der Waals surface area contributed by atoms with Crippen LogP contribution in [0.25, 0.3) is 0 Å². The molecule has 82 valence electrons. The Labute approximate surface area is 84.2 Å². The maximum absolute atomic E-state index is 11.2. The van der Waals surface area contributed by atoms with E-state index in [1.165, 1.54) is 0 Å². The molecule has 2 unspecified atom stereocenters. The average Bonchev–Trinajstić information content (AvgIpc) is 2.45. The van der Waals surface area contributed by atoms with Crippen LogP contribution >= 0.6 is 0 Å². The number of hydrogen-bond donors (Lipinski definition) is 1. The summed E-state index contributed by atoms with van der Waals surface area (Å²) in [4.78, 5) is 11.2. The van der Waals surface area contributed by atoms with Crippen LogP contribution in [0.1, 0.15) is 26.2 Å². The molecule has 14 heavy (non-hydrogen) atoms. The van der Waals surface area contributed by atoms with Crippen LogP contribution in [0.5, 0.6) is 0 Å². The Bertz CT molecular complexity index is 173. The molecular formula is C10H18O4. The first kappa shape index (κ1) is 11.5. The minimum Gasteiger partial charge on any atom is -0.464 e. The lowest BCUT2D eigenvalue weighted by Crippen LogP contribution is -2.31. The van der Waals surface area contributed by atoms with Crippen molar-refractivity contribution in [2.45, 2.75) is 32.3 Å². The molecule has 0 amide bonds. The molecule has 1 saturated heterocycles. The molecule has 1 heterocycles. The molecule has 1 fully saturated rings. The fourth-order valence-electron chi connectivity index (χ4n) is 1.66. The second kappa shape index (κ2) is 5.98. The highest BCUT2D eigenvalue weighted by molar-refractivity contribution is 5.74. The Balaban J connectivity index is 2.40. The van der Waals surface area contributed by atoms with Gasteiger partial charge in [0.25, 0.3) is 0 Å². The largest absolute Gasteiger partial charge is 0.464 e. The Morgan fingerprint density at radius 3 is 3.07 bits per heavy atom. The van der Waals surface area contributed by atoms with Crippen molar-refractivity contribution in [2.75, 3.05) is 19.8 Å². The first-order valence-electron chi connectivity index (χ1n) is 5.18. The lowest BCUT2D eigenvalue weighted by atomic mass is 9.94. The van der Waals surface area contributed by atoms with Gasteiger partial charge in [-0.1, -0.05) is 0 Å². The van der Waals surface area contributed by atoms with Gasteiger partial charge in [0, 0.05) is 13.2 Å². The highest BCUT2D eigenvalue weighted by atomic mass is 16.5. The normalized spacial score (nSPS) is 25.1. The van der Waals surface area contributed by atoms with E-state index >= 15 is 0 Å². The maximum Gasteiger partial charge on any atom is 0.335 e. The van der Waals surface area contributed by atoms with E-state index in [2.05, 4.69) is 0 Å². The van der Waals surface area contributed by atoms with Crippen LogP contribution in [0, 0.1) is 5.92 Å². The van der Waals surface area contributed by atoms with Gasteiger partial charge in [-0.05, 0) is 32.1 Å². The minimum absolute atomic E-state index is 0.00319. The van der Waals surface area contributed by atoms with Crippen LogP contribution in [0.4, 0.5) is 0 Å². The Morgan fingerprint density at radius 2 is 2.36 bits per heavy atom. The summed E-state index contributed by atoms with van der Waals surface area (Å²) >= 11 is 0. The summed E-state index contributed by atoms with van der Waals surface area (Å²) in [7, 11) is 0. The number of aliphatic hydroxyl groups is 1. The quantitative estimate of drug-likeness (QED) is 0.685. The van der Waals surface area contributed by atoms with Crippen LogP contribution in [-0.2, 0) is 14.3 Å². The summed E-state index contributed by atoms with van der Waals surface area (Å²) in [5.41, 5.74) is 0. The van der Waals surface area contributed by atoms with E-state index in [0.29, 0.717) is 13.2 Å². The van der Waals surface area contributed by atoms with Gasteiger partial charge < -0.3 is 14.6 Å². The van der Waals surface area contributed by atoms with Crippen LogP contribution in [0.15, 0.2) is 0 Å². The zero-order valence-electron chi connectivity index (χ0n) is 8.57. The van der Waals surface area contributed by atoms with Crippen molar-refractivity contribution in [3.8, 4) is 0 Å². The predicted molar refractivity (Wildman–Crippen MR) is 50.8 cm³/mol. The van der Waals surface area contributed by atoms with E-state index < -0.39 is 12.1 Å². The molecule has 1 aliphatic rings. The Morgan fingerprint density at radius 1 is 1.57 bits per heavy atom. The van der Waals surface area contributed by atoms with E-state index in [9.17, 15) is 9.90 Å². The molecule has 0 aromatic rings. The highest BCUT2D eigenvalue weighted by Gasteiger charge is 2.27. The summed E-state index contributed by atoms with van der Waals surface area (Å²) in [6.07, 6.45) is 1.50. The van der Waals surface area contributed by atoms with Gasteiger partial charge in [0.2, 0.25) is 0 Å². The van der Waals surface area contributed by atoms with Crippen molar-refractivity contribution in [1.82, 2.24) is 0 Å². The van der Waals surface area contributed by atoms with E-state index in [1.54, 1.807) is 6.92 Å². The number of esters is 1. The van der Waals surface area contributed by atoms with Gasteiger partial charge in [0.15, 0.2) is 6.10 Å². The summed E-state index contributed by atoms with van der Waals surface area (Å²) < 4.78 is 10.0. The number of hydrogen-bond acceptors (Lipinski definition) is 4. The van der Waals surface area contributed by atoms with Crippen molar-refractivity contribution in [3.63, 3.8) is 0 Å². The standard InChI is InChI=1S/C10H18O4/c1-2-14-10(12)9(11)8-4-3-6-13-7-5-8/h8-9,11H,2-7H2,1H3. The summed E-state index contributed by atoms with van der Waals surface area (Å²) in [5, 5.41) is 9.67. The zero-order valence-corrected chi connectivity index (χ0v) is 8.57. The monoisotopic (exact) mass is 202 g/mol. The lowest BCUT2D eigenvalue weighted by molar-refractivity contribution is -0.156. The Hall–Kier alpha value is -0.610. The van der Waals surface area contributed by atoms with Crippen molar-refractivity contribution in [2.24, 2.45) is 5.92 Å². The van der Waals surface area contributed by atoms with E-state index in [0.717, 1.165) is 25.9 Å². The molecule has 0 bridgehead atoms. The molecule has 0 aliphatic carbocycles. The molecule has 4 nitrogen and oxygen atoms in total. The molecule has 1 N–H and O–H groups in total. The number of ether oxygens (including phenoxy) is 2. The first-order chi connectivity index (χ1) is 6.75. The molecule has 0 aromatic heterocycles. The highest BCUT2D eigenvalue weighted by Crippen LogP contribution is 2.20. The molecule has 0 radical (unpaired) electrons. The zero-order chi connectivity index (χ0) is 10.4. The molecule has 0 saturated carbocycles. The lowest BCUT2D eigenvalue weighted by Gasteiger charge is -2.18. The van der Waals surface area contributed by atoms with E-state index in [1.807, 2.05) is 0 Å². The predicted octanol–water partition coefficient (Wildman–Crippen LogP) is 0.727. The van der Waals surface area contributed by atoms with Gasteiger partial charge in [-0.3, -0.25) is 0 Å². The van der Waals surface area contributed by atoms with E-state index in [-0.39, 0.29) is 5.92 Å². The molecule has 0 spiro atoms. The molecule has 2 atom stereocenters. The fourth-order valence-corrected chi connectivity index (χ4v) is 1.66. The average molecular weight is 202 g/mol.